The molecule has 0 atom stereocenters. The van der Waals surface area contributed by atoms with Gasteiger partial charge in [-0.05, 0) is 0 Å². The van der Waals surface area contributed by atoms with Crippen molar-refractivity contribution in [1.82, 2.24) is 5.32 Å². The predicted molar refractivity (Wildman–Crippen MR) is 53.7 cm³/mol. The molecule has 13 heavy (non-hydrogen) atoms. The van der Waals surface area contributed by atoms with E-state index in [4.69, 9.17) is 8.92 Å². The summed E-state index contributed by atoms with van der Waals surface area (Å²) in [5.74, 6) is 0. The van der Waals surface area contributed by atoms with Crippen LogP contribution in [-0.2, 0) is 8.92 Å². The number of carbonyl (C=O) groups excluding carboxylic acids is 1. The van der Waals surface area contributed by atoms with E-state index in [2.05, 4.69) is 5.32 Å². The van der Waals surface area contributed by atoms with Crippen LogP contribution in [0.25, 0.3) is 0 Å². The van der Waals surface area contributed by atoms with E-state index in [1.54, 1.807) is 0 Å². The fraction of sp³-hybridized carbons (Fsp3) is 0.857. The monoisotopic (exact) mass is 313 g/mol. The van der Waals surface area contributed by atoms with Gasteiger partial charge in [0.05, 0.1) is 0 Å². The van der Waals surface area contributed by atoms with Gasteiger partial charge in [0.25, 0.3) is 0 Å². The Bertz CT molecular complexity index is 173. The maximum atomic E-state index is 11.0. The van der Waals surface area contributed by atoms with E-state index in [9.17, 15) is 4.79 Å². The van der Waals surface area contributed by atoms with E-state index >= 15 is 0 Å². The van der Waals surface area contributed by atoms with Crippen LogP contribution in [0.5, 0.6) is 0 Å². The summed E-state index contributed by atoms with van der Waals surface area (Å²) >= 11 is -1.38. The average molecular weight is 314 g/mol. The molecule has 6 heteroatoms. The van der Waals surface area contributed by atoms with E-state index in [1.807, 2.05) is 13.8 Å². The van der Waals surface area contributed by atoms with Gasteiger partial charge in [-0.15, -0.1) is 0 Å². The summed E-state index contributed by atoms with van der Waals surface area (Å²) in [5.41, 5.74) is 0. The standard InChI is InChI=1S/C4H9NO2S.C3H6O.Sb/c1-3(2)5-4(6)7-8;1-3-4-2;/h3,8H,1-2H3,(H,5,6);1-3H2;/q;;+1/p-1. The van der Waals surface area contributed by atoms with Crippen molar-refractivity contribution < 1.29 is 13.7 Å². The van der Waals surface area contributed by atoms with E-state index < -0.39 is 18.8 Å². The summed E-state index contributed by atoms with van der Waals surface area (Å²) in [6, 6.07) is 0.139. The Morgan fingerprint density at radius 2 is 2.46 bits per heavy atom. The zero-order chi connectivity index (χ0) is 9.68. The molecule has 1 aliphatic rings. The minimum atomic E-state index is -1.38. The summed E-state index contributed by atoms with van der Waals surface area (Å²) in [6.07, 6.45) is -0.323. The number of carbonyl (C=O) groups is 1. The van der Waals surface area contributed by atoms with E-state index in [-0.39, 0.29) is 12.1 Å². The van der Waals surface area contributed by atoms with Crippen LogP contribution < -0.4 is 5.32 Å². The molecule has 0 aromatic carbocycles. The van der Waals surface area contributed by atoms with Crippen LogP contribution in [0.3, 0.4) is 0 Å². The summed E-state index contributed by atoms with van der Waals surface area (Å²) in [5, 5.41) is 2.67. The SMILES string of the molecule is CC(C)NC(=O)O[S][Sb]1[CH2]CO[CH2]1. The van der Waals surface area contributed by atoms with Crippen LogP contribution in [0, 0.1) is 0 Å². The molecule has 4 nitrogen and oxygen atoms in total. The van der Waals surface area contributed by atoms with Crippen molar-refractivity contribution in [2.75, 3.05) is 11.2 Å². The molecule has 1 N–H and O–H groups in total. The molecule has 1 amide bonds. The zero-order valence-electron chi connectivity index (χ0n) is 7.78. The molecular formula is C7H14NO3SSb. The molecule has 1 saturated heterocycles. The topological polar surface area (TPSA) is 47.6 Å². The molecular weight excluding hydrogens is 300 g/mol. The Kier molecular flexibility index (Phi) is 5.29. The van der Waals surface area contributed by atoms with E-state index in [1.165, 1.54) is 9.13 Å². The molecule has 0 spiro atoms. The van der Waals surface area contributed by atoms with Gasteiger partial charge in [-0.2, -0.15) is 0 Å². The second-order valence-corrected chi connectivity index (χ2v) is 12.8. The number of amides is 1. The summed E-state index contributed by atoms with van der Waals surface area (Å²) < 4.78 is 12.2. The van der Waals surface area contributed by atoms with E-state index in [0.29, 0.717) is 0 Å². The van der Waals surface area contributed by atoms with Gasteiger partial charge in [-0.25, -0.2) is 0 Å². The Hall–Kier alpha value is 0.398. The molecule has 1 heterocycles. The van der Waals surface area contributed by atoms with Crippen molar-refractivity contribution in [2.24, 2.45) is 0 Å². The van der Waals surface area contributed by atoms with Gasteiger partial charge in [0.1, 0.15) is 0 Å². The molecule has 0 saturated carbocycles. The molecule has 1 rings (SSSR count). The molecule has 76 valence electrons. The van der Waals surface area contributed by atoms with Gasteiger partial charge < -0.3 is 0 Å². The van der Waals surface area contributed by atoms with Crippen molar-refractivity contribution >= 4 is 34.0 Å². The van der Waals surface area contributed by atoms with Crippen LogP contribution in [0.4, 0.5) is 4.79 Å². The Morgan fingerprint density at radius 3 is 3.00 bits per heavy atom. The van der Waals surface area contributed by atoms with Gasteiger partial charge in [-0.3, -0.25) is 0 Å². The first kappa shape index (κ1) is 11.5. The van der Waals surface area contributed by atoms with Crippen LogP contribution in [0.1, 0.15) is 13.8 Å². The quantitative estimate of drug-likeness (QED) is 0.631. The second kappa shape index (κ2) is 5.99. The van der Waals surface area contributed by atoms with Gasteiger partial charge in [0, 0.05) is 0 Å². The van der Waals surface area contributed by atoms with Gasteiger partial charge in [0.15, 0.2) is 0 Å². The first-order valence-corrected chi connectivity index (χ1v) is 11.6. The fourth-order valence-electron chi connectivity index (χ4n) is 0.802. The summed E-state index contributed by atoms with van der Waals surface area (Å²) in [7, 11) is 1.38. The molecule has 0 bridgehead atoms. The zero-order valence-corrected chi connectivity index (χ0v) is 11.1. The average Bonchev–Trinajstić information content (AvgIpc) is 2.51. The molecule has 0 radical (unpaired) electrons. The Morgan fingerprint density at radius 1 is 1.69 bits per heavy atom. The molecule has 0 aliphatic carbocycles. The number of ether oxygens (including phenoxy) is 1. The molecule has 0 aromatic rings. The first-order valence-electron chi connectivity index (χ1n) is 4.16. The van der Waals surface area contributed by atoms with Crippen molar-refractivity contribution in [3.8, 4) is 0 Å². The van der Waals surface area contributed by atoms with Crippen molar-refractivity contribution in [3.63, 3.8) is 0 Å². The number of rotatable bonds is 3. The van der Waals surface area contributed by atoms with Crippen LogP contribution in [0.2, 0.25) is 4.37 Å². The van der Waals surface area contributed by atoms with Gasteiger partial charge in [0.2, 0.25) is 0 Å². The normalized spacial score (nSPS) is 17.8. The third-order valence-electron chi connectivity index (χ3n) is 1.35. The van der Waals surface area contributed by atoms with Gasteiger partial charge in [-0.1, -0.05) is 0 Å². The Balaban J connectivity index is 2.07. The predicted octanol–water partition coefficient (Wildman–Crippen LogP) is 1.33. The van der Waals surface area contributed by atoms with Crippen molar-refractivity contribution in [2.45, 2.75) is 24.3 Å². The number of hydrogen-bond acceptors (Lipinski definition) is 4. The summed E-state index contributed by atoms with van der Waals surface area (Å²) in [6.45, 7) is 4.67. The third kappa shape index (κ3) is 4.99. The van der Waals surface area contributed by atoms with Gasteiger partial charge >= 0.3 is 88.5 Å². The molecule has 1 aliphatic heterocycles. The van der Waals surface area contributed by atoms with E-state index in [0.717, 1.165) is 15.5 Å². The van der Waals surface area contributed by atoms with Crippen LogP contribution >= 0.6 is 9.13 Å². The maximum absolute atomic E-state index is 11.0. The Labute approximate surface area is 88.3 Å². The second-order valence-electron chi connectivity index (χ2n) is 2.99. The third-order valence-corrected chi connectivity index (χ3v) is 9.44. The first-order chi connectivity index (χ1) is 6.18. The van der Waals surface area contributed by atoms with Crippen LogP contribution in [-0.4, -0.2) is 42.1 Å². The summed E-state index contributed by atoms with van der Waals surface area (Å²) in [4.78, 5) is 11.0. The minimum absolute atomic E-state index is 0.139. The van der Waals surface area contributed by atoms with Crippen LogP contribution in [0.15, 0.2) is 0 Å². The fourth-order valence-corrected chi connectivity index (χ4v) is 6.90. The van der Waals surface area contributed by atoms with Crippen molar-refractivity contribution in [3.05, 3.63) is 0 Å². The molecule has 1 fully saturated rings. The molecule has 0 unspecified atom stereocenters. The number of hydrogen-bond donors (Lipinski definition) is 1. The number of nitrogens with one attached hydrogen (secondary N) is 1. The molecule has 0 aromatic heterocycles. The van der Waals surface area contributed by atoms with Crippen molar-refractivity contribution in [1.29, 1.82) is 0 Å².